The monoisotopic (exact) mass is 307 g/mol. The summed E-state index contributed by atoms with van der Waals surface area (Å²) in [4.78, 5) is 29.7. The smallest absolute Gasteiger partial charge is 0.328 e. The number of aromatic nitrogens is 4. The Bertz CT molecular complexity index is 799. The molecule has 2 atom stereocenters. The molecule has 122 valence electrons. The van der Waals surface area contributed by atoms with Gasteiger partial charge in [0.1, 0.15) is 5.82 Å². The van der Waals surface area contributed by atoms with Crippen LogP contribution in [-0.4, -0.2) is 25.2 Å². The van der Waals surface area contributed by atoms with Crippen molar-refractivity contribution in [2.45, 2.75) is 52.6 Å². The summed E-state index contributed by atoms with van der Waals surface area (Å²) in [7, 11) is 1.51. The molecule has 7 heteroatoms. The molecule has 0 bridgehead atoms. The lowest BCUT2D eigenvalue weighted by Gasteiger charge is -2.17. The SMILES string of the molecule is CCc1nc2c(c(=O)n(C)c(=O)n2C(C)CC)n1C(C)CN. The minimum Gasteiger partial charge on any atom is -0.328 e. The van der Waals surface area contributed by atoms with Crippen LogP contribution in [0.15, 0.2) is 9.59 Å². The van der Waals surface area contributed by atoms with E-state index in [4.69, 9.17) is 5.73 Å². The molecule has 2 aromatic rings. The third kappa shape index (κ3) is 2.29. The number of nitrogens with two attached hydrogens (primary N) is 1. The Morgan fingerprint density at radius 3 is 2.27 bits per heavy atom. The first-order valence-corrected chi connectivity index (χ1v) is 7.81. The third-order valence-electron chi connectivity index (χ3n) is 4.32. The zero-order chi connectivity index (χ0) is 16.6. The predicted molar refractivity (Wildman–Crippen MR) is 87.4 cm³/mol. The third-order valence-corrected chi connectivity index (χ3v) is 4.32. The molecule has 22 heavy (non-hydrogen) atoms. The molecule has 2 rings (SSSR count). The van der Waals surface area contributed by atoms with Crippen molar-refractivity contribution in [1.29, 1.82) is 0 Å². The number of aryl methyl sites for hydroxylation is 1. The standard InChI is InChI=1S/C15H25N5O2/c1-6-9(3)20-13-12(14(21)18(5)15(20)22)19(10(4)8-16)11(7-2)17-13/h9-10H,6-8,16H2,1-5H3. The van der Waals surface area contributed by atoms with Gasteiger partial charge in [-0.3, -0.25) is 13.9 Å². The molecule has 0 aromatic carbocycles. The Labute approximate surface area is 129 Å². The summed E-state index contributed by atoms with van der Waals surface area (Å²) in [6.07, 6.45) is 1.46. The summed E-state index contributed by atoms with van der Waals surface area (Å²) in [5.74, 6) is 0.785. The summed E-state index contributed by atoms with van der Waals surface area (Å²) in [6.45, 7) is 8.32. The molecule has 0 aliphatic rings. The van der Waals surface area contributed by atoms with Crippen molar-refractivity contribution < 1.29 is 0 Å². The Morgan fingerprint density at radius 1 is 1.14 bits per heavy atom. The van der Waals surface area contributed by atoms with E-state index in [9.17, 15) is 9.59 Å². The van der Waals surface area contributed by atoms with Gasteiger partial charge in [0.15, 0.2) is 11.2 Å². The van der Waals surface area contributed by atoms with Gasteiger partial charge in [0.05, 0.1) is 0 Å². The normalized spacial score (nSPS) is 14.5. The van der Waals surface area contributed by atoms with Gasteiger partial charge in [-0.15, -0.1) is 0 Å². The van der Waals surface area contributed by atoms with Crippen molar-refractivity contribution in [3.8, 4) is 0 Å². The van der Waals surface area contributed by atoms with Crippen LogP contribution < -0.4 is 17.0 Å². The maximum Gasteiger partial charge on any atom is 0.332 e. The quantitative estimate of drug-likeness (QED) is 0.891. The molecule has 0 spiro atoms. The van der Waals surface area contributed by atoms with Gasteiger partial charge >= 0.3 is 5.69 Å². The molecular formula is C15H25N5O2. The van der Waals surface area contributed by atoms with Gasteiger partial charge < -0.3 is 10.3 Å². The van der Waals surface area contributed by atoms with E-state index < -0.39 is 0 Å². The van der Waals surface area contributed by atoms with E-state index in [-0.39, 0.29) is 23.3 Å². The lowest BCUT2D eigenvalue weighted by atomic mass is 10.2. The molecule has 2 aromatic heterocycles. The highest BCUT2D eigenvalue weighted by molar-refractivity contribution is 5.71. The molecule has 0 saturated carbocycles. The topological polar surface area (TPSA) is 87.8 Å². The van der Waals surface area contributed by atoms with Crippen LogP contribution in [0.2, 0.25) is 0 Å². The molecule has 0 aliphatic carbocycles. The fourth-order valence-corrected chi connectivity index (χ4v) is 2.74. The van der Waals surface area contributed by atoms with Gasteiger partial charge in [-0.25, -0.2) is 9.78 Å². The van der Waals surface area contributed by atoms with E-state index in [1.807, 2.05) is 32.3 Å². The first kappa shape index (κ1) is 16.5. The van der Waals surface area contributed by atoms with E-state index >= 15 is 0 Å². The van der Waals surface area contributed by atoms with Crippen LogP contribution >= 0.6 is 0 Å². The van der Waals surface area contributed by atoms with Crippen molar-refractivity contribution in [3.05, 3.63) is 26.7 Å². The summed E-state index contributed by atoms with van der Waals surface area (Å²) in [6, 6.07) is -0.0708. The minimum absolute atomic E-state index is 0.0250. The lowest BCUT2D eigenvalue weighted by molar-refractivity contribution is 0.498. The summed E-state index contributed by atoms with van der Waals surface area (Å²) >= 11 is 0. The molecule has 0 radical (unpaired) electrons. The van der Waals surface area contributed by atoms with Gasteiger partial charge in [0.25, 0.3) is 5.56 Å². The molecule has 0 aliphatic heterocycles. The summed E-state index contributed by atoms with van der Waals surface area (Å²) < 4.78 is 4.67. The molecule has 2 unspecified atom stereocenters. The number of hydrogen-bond donors (Lipinski definition) is 1. The van der Waals surface area contributed by atoms with Crippen molar-refractivity contribution in [2.75, 3.05) is 6.54 Å². The van der Waals surface area contributed by atoms with Crippen LogP contribution in [0, 0.1) is 0 Å². The van der Waals surface area contributed by atoms with Gasteiger partial charge in [-0.05, 0) is 20.3 Å². The van der Waals surface area contributed by atoms with E-state index in [2.05, 4.69) is 4.98 Å². The largest absolute Gasteiger partial charge is 0.332 e. The average Bonchev–Trinajstić information content (AvgIpc) is 2.90. The zero-order valence-electron chi connectivity index (χ0n) is 14.0. The van der Waals surface area contributed by atoms with Crippen molar-refractivity contribution in [1.82, 2.24) is 18.7 Å². The lowest BCUT2D eigenvalue weighted by Crippen LogP contribution is -2.40. The first-order valence-electron chi connectivity index (χ1n) is 7.81. The maximum atomic E-state index is 12.6. The average molecular weight is 307 g/mol. The van der Waals surface area contributed by atoms with Crippen molar-refractivity contribution in [2.24, 2.45) is 12.8 Å². The van der Waals surface area contributed by atoms with E-state index in [0.717, 1.165) is 16.8 Å². The summed E-state index contributed by atoms with van der Waals surface area (Å²) in [5, 5.41) is 0. The summed E-state index contributed by atoms with van der Waals surface area (Å²) in [5.41, 5.74) is 6.10. The van der Waals surface area contributed by atoms with Crippen LogP contribution in [-0.2, 0) is 13.5 Å². The Hall–Kier alpha value is -1.89. The van der Waals surface area contributed by atoms with Gasteiger partial charge in [0.2, 0.25) is 0 Å². The van der Waals surface area contributed by atoms with Crippen LogP contribution in [0.25, 0.3) is 11.2 Å². The molecule has 7 nitrogen and oxygen atoms in total. The maximum absolute atomic E-state index is 12.6. The molecule has 2 heterocycles. The number of nitrogens with zero attached hydrogens (tertiary/aromatic N) is 4. The minimum atomic E-state index is -0.320. The first-order chi connectivity index (χ1) is 10.4. The fourth-order valence-electron chi connectivity index (χ4n) is 2.74. The van der Waals surface area contributed by atoms with Gasteiger partial charge in [-0.1, -0.05) is 13.8 Å². The second kappa shape index (κ2) is 6.08. The highest BCUT2D eigenvalue weighted by atomic mass is 16.2. The predicted octanol–water partition coefficient (Wildman–Crippen LogP) is 0.950. The molecule has 2 N–H and O–H groups in total. The van der Waals surface area contributed by atoms with Crippen molar-refractivity contribution >= 4 is 11.2 Å². The number of imidazole rings is 1. The van der Waals surface area contributed by atoms with Crippen LogP contribution in [0.4, 0.5) is 0 Å². The zero-order valence-corrected chi connectivity index (χ0v) is 14.0. The van der Waals surface area contributed by atoms with E-state index in [1.165, 1.54) is 7.05 Å². The van der Waals surface area contributed by atoms with Crippen LogP contribution in [0.5, 0.6) is 0 Å². The molecular weight excluding hydrogens is 282 g/mol. The van der Waals surface area contributed by atoms with Crippen LogP contribution in [0.3, 0.4) is 0 Å². The number of hydrogen-bond acceptors (Lipinski definition) is 4. The number of fused-ring (bicyclic) bond motifs is 1. The second-order valence-corrected chi connectivity index (χ2v) is 5.78. The fraction of sp³-hybridized carbons (Fsp3) is 0.667. The van der Waals surface area contributed by atoms with E-state index in [1.54, 1.807) is 4.57 Å². The molecule has 0 fully saturated rings. The second-order valence-electron chi connectivity index (χ2n) is 5.78. The number of rotatable bonds is 5. The molecule has 0 amide bonds. The van der Waals surface area contributed by atoms with Crippen LogP contribution in [0.1, 0.15) is 52.0 Å². The molecule has 0 saturated heterocycles. The van der Waals surface area contributed by atoms with E-state index in [0.29, 0.717) is 24.1 Å². The Balaban J connectivity index is 3.04. The van der Waals surface area contributed by atoms with Gasteiger partial charge in [-0.2, -0.15) is 0 Å². The van der Waals surface area contributed by atoms with Crippen molar-refractivity contribution in [3.63, 3.8) is 0 Å². The highest BCUT2D eigenvalue weighted by Crippen LogP contribution is 2.20. The van der Waals surface area contributed by atoms with Gasteiger partial charge in [0, 0.05) is 32.1 Å². The highest BCUT2D eigenvalue weighted by Gasteiger charge is 2.23. The Morgan fingerprint density at radius 2 is 1.77 bits per heavy atom. The Kier molecular flexibility index (Phi) is 4.55.